The van der Waals surface area contributed by atoms with Gasteiger partial charge in [0.25, 0.3) is 0 Å². The minimum absolute atomic E-state index is 1.08. The van der Waals surface area contributed by atoms with Crippen LogP contribution in [0.3, 0.4) is 0 Å². The summed E-state index contributed by atoms with van der Waals surface area (Å²) in [5.74, 6) is 0. The molecule has 0 aliphatic carbocycles. The molecule has 0 aliphatic heterocycles. The normalized spacial score (nSPS) is 15.9. The van der Waals surface area contributed by atoms with E-state index in [9.17, 15) is 4.89 Å². The quantitative estimate of drug-likeness (QED) is 0.506. The summed E-state index contributed by atoms with van der Waals surface area (Å²) < 4.78 is 2.06. The van der Waals surface area contributed by atoms with E-state index in [1.807, 2.05) is 7.05 Å². The van der Waals surface area contributed by atoms with Crippen molar-refractivity contribution in [3.8, 4) is 0 Å². The lowest BCUT2D eigenvalue weighted by atomic mass is 11.6. The summed E-state index contributed by atoms with van der Waals surface area (Å²) in [5.41, 5.74) is 0. The van der Waals surface area contributed by atoms with Crippen molar-refractivity contribution < 1.29 is 4.89 Å². The molecule has 3 nitrogen and oxygen atoms in total. The highest BCUT2D eigenvalue weighted by Gasteiger charge is 2.25. The predicted octanol–water partition coefficient (Wildman–Crippen LogP) is 1.19. The van der Waals surface area contributed by atoms with Gasteiger partial charge in [-0.2, -0.15) is 0 Å². The summed E-state index contributed by atoms with van der Waals surface area (Å²) in [6, 6.07) is 0. The molecule has 1 unspecified atom stereocenters. The van der Waals surface area contributed by atoms with Gasteiger partial charge in [0.15, 0.2) is 8.45 Å². The molecule has 62 valence electrons. The molecule has 0 aromatic carbocycles. The molecule has 0 aromatic heterocycles. The summed E-state index contributed by atoms with van der Waals surface area (Å²) in [7, 11) is 1.37. The molecule has 0 bridgehead atoms. The largest absolute Gasteiger partial charge is 0.348 e. The second kappa shape index (κ2) is 3.79. The van der Waals surface area contributed by atoms with E-state index < -0.39 is 16.7 Å². The third-order valence-corrected chi connectivity index (χ3v) is 6.73. The Kier molecular flexibility index (Phi) is 3.99. The molecule has 0 saturated heterocycles. The van der Waals surface area contributed by atoms with Crippen molar-refractivity contribution in [2.45, 2.75) is 19.6 Å². The van der Waals surface area contributed by atoms with Crippen LogP contribution < -0.4 is 5.09 Å². The minimum atomic E-state index is -1.30. The van der Waals surface area contributed by atoms with Crippen LogP contribution in [0.5, 0.6) is 0 Å². The maximum atomic E-state index is 9.38. The molecule has 5 heteroatoms. The Morgan fingerprint density at radius 2 is 1.80 bits per heavy atom. The average Bonchev–Trinajstić information content (AvgIpc) is 1.83. The highest BCUT2D eigenvalue weighted by molar-refractivity contribution is 7.49. The second-order valence-corrected chi connectivity index (χ2v) is 10.2. The van der Waals surface area contributed by atoms with Crippen molar-refractivity contribution in [3.63, 3.8) is 0 Å². The van der Waals surface area contributed by atoms with Gasteiger partial charge in [0.05, 0.1) is 0 Å². The fraction of sp³-hybridized carbons (Fsp3) is 1.00. The van der Waals surface area contributed by atoms with Crippen LogP contribution in [0.4, 0.5) is 0 Å². The monoisotopic (exact) mass is 180 g/mol. The SMILES string of the molecule is CNP(O)N(C)[Si](C)(C)C. The smallest absolute Gasteiger partial charge is 0.174 e. The van der Waals surface area contributed by atoms with E-state index >= 15 is 0 Å². The van der Waals surface area contributed by atoms with Gasteiger partial charge in [-0.25, -0.2) is 0 Å². The zero-order chi connectivity index (χ0) is 8.36. The molecule has 10 heavy (non-hydrogen) atoms. The lowest BCUT2D eigenvalue weighted by molar-refractivity contribution is 0.557. The van der Waals surface area contributed by atoms with Gasteiger partial charge >= 0.3 is 0 Å². The van der Waals surface area contributed by atoms with Crippen LogP contribution in [0.25, 0.3) is 0 Å². The summed E-state index contributed by atoms with van der Waals surface area (Å²) in [6.07, 6.45) is 0. The molecular weight excluding hydrogens is 163 g/mol. The van der Waals surface area contributed by atoms with Crippen molar-refractivity contribution in [1.29, 1.82) is 0 Å². The van der Waals surface area contributed by atoms with Crippen molar-refractivity contribution >= 4 is 16.7 Å². The van der Waals surface area contributed by atoms with Gasteiger partial charge in [0, 0.05) is 0 Å². The second-order valence-electron chi connectivity index (χ2n) is 3.21. The summed E-state index contributed by atoms with van der Waals surface area (Å²) >= 11 is 0. The number of nitrogens with zero attached hydrogens (tertiary/aromatic N) is 1. The average molecular weight is 180 g/mol. The lowest BCUT2D eigenvalue weighted by Crippen LogP contribution is -2.41. The van der Waals surface area contributed by atoms with Gasteiger partial charge in [0.2, 0.25) is 0 Å². The molecule has 0 heterocycles. The zero-order valence-corrected chi connectivity index (χ0v) is 9.24. The first-order valence-electron chi connectivity index (χ1n) is 3.29. The van der Waals surface area contributed by atoms with Crippen LogP contribution in [-0.2, 0) is 0 Å². The number of hydrogen-bond acceptors (Lipinski definition) is 3. The lowest BCUT2D eigenvalue weighted by Gasteiger charge is -2.32. The van der Waals surface area contributed by atoms with Gasteiger partial charge in [-0.1, -0.05) is 19.6 Å². The van der Waals surface area contributed by atoms with E-state index in [2.05, 4.69) is 29.1 Å². The molecular formula is C5H17N2OPSi. The topological polar surface area (TPSA) is 35.5 Å². The molecule has 0 radical (unpaired) electrons. The molecule has 0 rings (SSSR count). The molecule has 0 spiro atoms. The van der Waals surface area contributed by atoms with E-state index in [0.717, 1.165) is 0 Å². The van der Waals surface area contributed by atoms with Crippen LogP contribution in [0.1, 0.15) is 0 Å². The van der Waals surface area contributed by atoms with Crippen LogP contribution in [0, 0.1) is 0 Å². The molecule has 0 saturated carbocycles. The zero-order valence-electron chi connectivity index (χ0n) is 7.34. The van der Waals surface area contributed by atoms with E-state index in [4.69, 9.17) is 0 Å². The Morgan fingerprint density at radius 1 is 1.40 bits per heavy atom. The van der Waals surface area contributed by atoms with Crippen LogP contribution in [0.15, 0.2) is 0 Å². The predicted molar refractivity (Wildman–Crippen MR) is 49.3 cm³/mol. The Balaban J connectivity index is 3.94. The number of nitrogens with one attached hydrogen (secondary N) is 1. The van der Waals surface area contributed by atoms with Crippen molar-refractivity contribution in [1.82, 2.24) is 9.42 Å². The van der Waals surface area contributed by atoms with Gasteiger partial charge in [0.1, 0.15) is 8.24 Å². The molecule has 0 fully saturated rings. The highest BCUT2D eigenvalue weighted by Crippen LogP contribution is 2.32. The Labute approximate surface area is 65.5 Å². The Hall–Kier alpha value is 0.527. The maximum Gasteiger partial charge on any atom is 0.174 e. The molecule has 0 aliphatic rings. The first-order chi connectivity index (χ1) is 4.39. The van der Waals surface area contributed by atoms with Crippen LogP contribution in [0.2, 0.25) is 19.6 Å². The number of rotatable bonds is 3. The first-order valence-corrected chi connectivity index (χ1v) is 7.99. The van der Waals surface area contributed by atoms with Crippen LogP contribution >= 0.6 is 8.45 Å². The van der Waals surface area contributed by atoms with Gasteiger partial charge in [-0.3, -0.25) is 9.42 Å². The molecule has 0 aromatic rings. The Bertz CT molecular complexity index is 106. The summed E-state index contributed by atoms with van der Waals surface area (Å²) in [5, 5.41) is 2.85. The van der Waals surface area contributed by atoms with E-state index in [-0.39, 0.29) is 0 Å². The third kappa shape index (κ3) is 3.08. The third-order valence-electron chi connectivity index (χ3n) is 1.45. The van der Waals surface area contributed by atoms with Gasteiger partial charge in [-0.15, -0.1) is 0 Å². The molecule has 0 amide bonds. The van der Waals surface area contributed by atoms with Crippen molar-refractivity contribution in [3.05, 3.63) is 0 Å². The maximum absolute atomic E-state index is 9.38. The number of hydrogen-bond donors (Lipinski definition) is 2. The molecule has 1 atom stereocenters. The Morgan fingerprint density at radius 3 is 1.90 bits per heavy atom. The van der Waals surface area contributed by atoms with Crippen molar-refractivity contribution in [2.24, 2.45) is 0 Å². The van der Waals surface area contributed by atoms with E-state index in [1.54, 1.807) is 7.05 Å². The molecule has 2 N–H and O–H groups in total. The van der Waals surface area contributed by atoms with E-state index in [0.29, 0.717) is 0 Å². The highest BCUT2D eigenvalue weighted by atomic mass is 31.2. The van der Waals surface area contributed by atoms with Gasteiger partial charge < -0.3 is 4.89 Å². The minimum Gasteiger partial charge on any atom is -0.348 e. The van der Waals surface area contributed by atoms with Crippen LogP contribution in [-0.4, -0.2) is 31.6 Å². The fourth-order valence-corrected chi connectivity index (χ4v) is 3.31. The first kappa shape index (κ1) is 10.5. The van der Waals surface area contributed by atoms with Gasteiger partial charge in [-0.05, 0) is 14.1 Å². The summed E-state index contributed by atoms with van der Waals surface area (Å²) in [4.78, 5) is 9.38. The standard InChI is InChI=1S/C5H17N2OPSi/c1-6-9(8)7(2)10(3,4)5/h6,8H,1-5H3. The van der Waals surface area contributed by atoms with E-state index in [1.165, 1.54) is 0 Å². The van der Waals surface area contributed by atoms with Crippen molar-refractivity contribution in [2.75, 3.05) is 14.1 Å². The summed E-state index contributed by atoms with van der Waals surface area (Å²) in [6.45, 7) is 6.61. The fourth-order valence-electron chi connectivity index (χ4n) is 0.434.